The maximum atomic E-state index is 13.9. The van der Waals surface area contributed by atoms with Crippen LogP contribution in [0.5, 0.6) is 0 Å². The molecular weight excluding hydrogens is 271 g/mol. The fourth-order valence-electron chi connectivity index (χ4n) is 3.44. The van der Waals surface area contributed by atoms with Gasteiger partial charge in [0.25, 0.3) is 0 Å². The summed E-state index contributed by atoms with van der Waals surface area (Å²) in [5.41, 5.74) is 7.25. The Hall–Kier alpha value is -1.62. The molecule has 114 valence electrons. The minimum Gasteiger partial charge on any atom is -0.444 e. The lowest BCUT2D eigenvalue weighted by Gasteiger charge is -2.25. The number of ether oxygens (including phenoxy) is 1. The van der Waals surface area contributed by atoms with Crippen LogP contribution in [0.1, 0.15) is 43.9 Å². The molecular formula is C16H21FN2O2. The third-order valence-corrected chi connectivity index (χ3v) is 4.30. The highest BCUT2D eigenvalue weighted by Gasteiger charge is 2.47. The number of likely N-dealkylation sites (tertiary alicyclic amines) is 1. The van der Waals surface area contributed by atoms with Crippen molar-refractivity contribution in [3.8, 4) is 0 Å². The summed E-state index contributed by atoms with van der Waals surface area (Å²) in [6.45, 7) is 6.60. The van der Waals surface area contributed by atoms with Crippen LogP contribution < -0.4 is 5.73 Å². The Morgan fingerprint density at radius 1 is 1.38 bits per heavy atom. The SMILES string of the molecule is CC(C)(C)OC(=O)N1C[C@H]2c3cccc(F)c3C(N)[C@@H]2C1. The van der Waals surface area contributed by atoms with E-state index in [1.54, 1.807) is 11.0 Å². The first kappa shape index (κ1) is 14.3. The van der Waals surface area contributed by atoms with Crippen LogP contribution in [0.3, 0.4) is 0 Å². The van der Waals surface area contributed by atoms with Crippen LogP contribution in [0, 0.1) is 11.7 Å². The normalized spacial score (nSPS) is 27.5. The molecule has 0 bridgehead atoms. The van der Waals surface area contributed by atoms with Crippen LogP contribution in [-0.2, 0) is 4.74 Å². The molecule has 3 atom stereocenters. The Bertz CT molecular complexity index is 582. The number of nitrogens with two attached hydrogens (primary N) is 1. The van der Waals surface area contributed by atoms with Gasteiger partial charge < -0.3 is 15.4 Å². The standard InChI is InChI=1S/C16H21FN2O2/c1-16(2,3)21-15(20)19-7-10-9-5-4-6-12(17)13(9)14(18)11(10)8-19/h4-6,10-11,14H,7-8,18H2,1-3H3/t10-,11+,14?/m0/s1. The summed E-state index contributed by atoms with van der Waals surface area (Å²) in [5.74, 6) is -0.0548. The van der Waals surface area contributed by atoms with Crippen molar-refractivity contribution < 1.29 is 13.9 Å². The summed E-state index contributed by atoms with van der Waals surface area (Å²) in [6.07, 6.45) is -0.318. The number of hydrogen-bond donors (Lipinski definition) is 1. The van der Waals surface area contributed by atoms with Gasteiger partial charge in [-0.3, -0.25) is 0 Å². The van der Waals surface area contributed by atoms with Crippen LogP contribution in [0.2, 0.25) is 0 Å². The van der Waals surface area contributed by atoms with E-state index >= 15 is 0 Å². The number of amides is 1. The number of carbonyl (C=O) groups is 1. The third-order valence-electron chi connectivity index (χ3n) is 4.30. The summed E-state index contributed by atoms with van der Waals surface area (Å²) in [4.78, 5) is 13.9. The van der Waals surface area contributed by atoms with E-state index in [4.69, 9.17) is 10.5 Å². The zero-order valence-corrected chi connectivity index (χ0v) is 12.6. The minimum absolute atomic E-state index is 0.0735. The summed E-state index contributed by atoms with van der Waals surface area (Å²) in [5, 5.41) is 0. The number of benzene rings is 1. The molecule has 4 nitrogen and oxygen atoms in total. The number of rotatable bonds is 0. The van der Waals surface area contributed by atoms with Crippen LogP contribution >= 0.6 is 0 Å². The lowest BCUT2D eigenvalue weighted by molar-refractivity contribution is 0.0284. The van der Waals surface area contributed by atoms with Crippen molar-refractivity contribution in [3.05, 3.63) is 35.1 Å². The van der Waals surface area contributed by atoms with Gasteiger partial charge in [0.2, 0.25) is 0 Å². The minimum atomic E-state index is -0.513. The van der Waals surface area contributed by atoms with E-state index in [0.29, 0.717) is 18.7 Å². The summed E-state index contributed by atoms with van der Waals surface area (Å²) < 4.78 is 19.3. The van der Waals surface area contributed by atoms with Gasteiger partial charge in [0.05, 0.1) is 0 Å². The van der Waals surface area contributed by atoms with Crippen molar-refractivity contribution in [2.45, 2.75) is 38.3 Å². The molecule has 1 aromatic rings. The highest BCUT2D eigenvalue weighted by Crippen LogP contribution is 2.49. The monoisotopic (exact) mass is 292 g/mol. The highest BCUT2D eigenvalue weighted by molar-refractivity contribution is 5.69. The number of fused-ring (bicyclic) bond motifs is 3. The van der Waals surface area contributed by atoms with E-state index in [1.165, 1.54) is 6.07 Å². The second-order valence-electron chi connectivity index (χ2n) is 6.92. The van der Waals surface area contributed by atoms with E-state index in [1.807, 2.05) is 26.8 Å². The second-order valence-corrected chi connectivity index (χ2v) is 6.92. The number of nitrogens with zero attached hydrogens (tertiary/aromatic N) is 1. The molecule has 1 heterocycles. The van der Waals surface area contributed by atoms with E-state index in [-0.39, 0.29) is 29.8 Å². The molecule has 2 aliphatic rings. The average Bonchev–Trinajstić information content (AvgIpc) is 2.89. The molecule has 1 amide bonds. The molecule has 0 saturated carbocycles. The van der Waals surface area contributed by atoms with Gasteiger partial charge in [-0.2, -0.15) is 0 Å². The summed E-state index contributed by atoms with van der Waals surface area (Å²) >= 11 is 0. The molecule has 1 unspecified atom stereocenters. The topological polar surface area (TPSA) is 55.6 Å². The fourth-order valence-corrected chi connectivity index (χ4v) is 3.44. The van der Waals surface area contributed by atoms with Crippen molar-refractivity contribution in [2.24, 2.45) is 11.7 Å². The molecule has 5 heteroatoms. The quantitative estimate of drug-likeness (QED) is 0.800. The highest BCUT2D eigenvalue weighted by atomic mass is 19.1. The smallest absolute Gasteiger partial charge is 0.410 e. The van der Waals surface area contributed by atoms with Gasteiger partial charge in [0.1, 0.15) is 11.4 Å². The lowest BCUT2D eigenvalue weighted by atomic mass is 9.95. The lowest BCUT2D eigenvalue weighted by Crippen LogP contribution is -2.36. The molecule has 0 aromatic heterocycles. The van der Waals surface area contributed by atoms with E-state index in [9.17, 15) is 9.18 Å². The first-order valence-corrected chi connectivity index (χ1v) is 7.30. The molecule has 1 fully saturated rings. The molecule has 0 spiro atoms. The fraction of sp³-hybridized carbons (Fsp3) is 0.562. The predicted octanol–water partition coefficient (Wildman–Crippen LogP) is 2.79. The van der Waals surface area contributed by atoms with E-state index in [0.717, 1.165) is 5.56 Å². The van der Waals surface area contributed by atoms with Gasteiger partial charge in [-0.15, -0.1) is 0 Å². The molecule has 1 saturated heterocycles. The van der Waals surface area contributed by atoms with Gasteiger partial charge in [0.15, 0.2) is 0 Å². The van der Waals surface area contributed by atoms with Crippen LogP contribution in [-0.4, -0.2) is 29.7 Å². The Balaban J connectivity index is 1.81. The van der Waals surface area contributed by atoms with Crippen LogP contribution in [0.15, 0.2) is 18.2 Å². The van der Waals surface area contributed by atoms with Crippen molar-refractivity contribution >= 4 is 6.09 Å². The van der Waals surface area contributed by atoms with Gasteiger partial charge in [-0.1, -0.05) is 12.1 Å². The van der Waals surface area contributed by atoms with Gasteiger partial charge in [0, 0.05) is 36.5 Å². The molecule has 0 radical (unpaired) electrons. The second kappa shape index (κ2) is 4.70. The number of carbonyl (C=O) groups excluding carboxylic acids is 1. The Labute approximate surface area is 124 Å². The predicted molar refractivity (Wildman–Crippen MR) is 77.4 cm³/mol. The third kappa shape index (κ3) is 2.39. The van der Waals surface area contributed by atoms with Crippen molar-refractivity contribution in [1.82, 2.24) is 4.90 Å². The van der Waals surface area contributed by atoms with Crippen molar-refractivity contribution in [2.75, 3.05) is 13.1 Å². The van der Waals surface area contributed by atoms with Crippen molar-refractivity contribution in [1.29, 1.82) is 0 Å². The zero-order chi connectivity index (χ0) is 15.4. The molecule has 3 rings (SSSR count). The Morgan fingerprint density at radius 3 is 2.76 bits per heavy atom. The molecule has 1 aliphatic carbocycles. The van der Waals surface area contributed by atoms with Crippen molar-refractivity contribution in [3.63, 3.8) is 0 Å². The molecule has 1 aliphatic heterocycles. The Kier molecular flexibility index (Phi) is 3.20. The Morgan fingerprint density at radius 2 is 2.10 bits per heavy atom. The first-order chi connectivity index (χ1) is 9.78. The molecule has 21 heavy (non-hydrogen) atoms. The van der Waals surface area contributed by atoms with E-state index < -0.39 is 5.60 Å². The zero-order valence-electron chi connectivity index (χ0n) is 12.6. The van der Waals surface area contributed by atoms with Gasteiger partial charge >= 0.3 is 6.09 Å². The summed E-state index contributed by atoms with van der Waals surface area (Å²) in [7, 11) is 0. The van der Waals surface area contributed by atoms with Crippen LogP contribution in [0.25, 0.3) is 0 Å². The maximum absolute atomic E-state index is 13.9. The summed E-state index contributed by atoms with van der Waals surface area (Å²) in [6, 6.07) is 4.73. The molecule has 1 aromatic carbocycles. The van der Waals surface area contributed by atoms with Gasteiger partial charge in [-0.25, -0.2) is 9.18 Å². The first-order valence-electron chi connectivity index (χ1n) is 7.30. The average molecular weight is 292 g/mol. The molecule has 2 N–H and O–H groups in total. The van der Waals surface area contributed by atoms with Crippen LogP contribution in [0.4, 0.5) is 9.18 Å². The van der Waals surface area contributed by atoms with E-state index in [2.05, 4.69) is 0 Å². The van der Waals surface area contributed by atoms with Gasteiger partial charge in [-0.05, 0) is 32.4 Å². The number of hydrogen-bond acceptors (Lipinski definition) is 3. The number of halogens is 1. The largest absolute Gasteiger partial charge is 0.444 e. The maximum Gasteiger partial charge on any atom is 0.410 e.